The number of ether oxygens (including phenoxy) is 1. The Bertz CT molecular complexity index is 388. The van der Waals surface area contributed by atoms with Crippen molar-refractivity contribution in [3.8, 4) is 0 Å². The van der Waals surface area contributed by atoms with Crippen LogP contribution in [0.1, 0.15) is 12.5 Å². The van der Waals surface area contributed by atoms with Gasteiger partial charge in [0.25, 0.3) is 0 Å². The number of anilines is 1. The molecule has 80 valence electrons. The van der Waals surface area contributed by atoms with Crippen molar-refractivity contribution in [2.24, 2.45) is 0 Å². The Morgan fingerprint density at radius 1 is 1.60 bits per heavy atom. The second-order valence-corrected chi connectivity index (χ2v) is 3.77. The van der Waals surface area contributed by atoms with Crippen LogP contribution >= 0.6 is 15.9 Å². The van der Waals surface area contributed by atoms with Crippen LogP contribution in [0.2, 0.25) is 0 Å². The van der Waals surface area contributed by atoms with E-state index < -0.39 is 0 Å². The summed E-state index contributed by atoms with van der Waals surface area (Å²) in [7, 11) is 0. The summed E-state index contributed by atoms with van der Waals surface area (Å²) in [5.41, 5.74) is 7.16. The van der Waals surface area contributed by atoms with Crippen molar-refractivity contribution >= 4 is 33.7 Å². The van der Waals surface area contributed by atoms with E-state index in [0.717, 1.165) is 10.0 Å². The first kappa shape index (κ1) is 11.8. The number of carbonyl (C=O) groups excluding carboxylic acids is 1. The molecule has 1 rings (SSSR count). The molecule has 0 radical (unpaired) electrons. The van der Waals surface area contributed by atoms with E-state index in [2.05, 4.69) is 15.9 Å². The molecule has 4 heteroatoms. The standard InChI is InChI=1S/C11H12BrNO2/c1-2-15-11(14)6-4-8-3-5-9(12)7-10(8)13/h3-7H,2,13H2,1H3/b6-4+. The van der Waals surface area contributed by atoms with Gasteiger partial charge in [-0.1, -0.05) is 22.0 Å². The van der Waals surface area contributed by atoms with E-state index in [1.807, 2.05) is 12.1 Å². The monoisotopic (exact) mass is 269 g/mol. The topological polar surface area (TPSA) is 52.3 Å². The fraction of sp³-hybridized carbons (Fsp3) is 0.182. The van der Waals surface area contributed by atoms with Crippen LogP contribution in [0.15, 0.2) is 28.7 Å². The highest BCUT2D eigenvalue weighted by atomic mass is 79.9. The molecule has 0 bridgehead atoms. The first-order valence-corrected chi connectivity index (χ1v) is 5.32. The maximum absolute atomic E-state index is 11.0. The van der Waals surface area contributed by atoms with Crippen LogP contribution in [0, 0.1) is 0 Å². The molecule has 2 N–H and O–H groups in total. The largest absolute Gasteiger partial charge is 0.463 e. The Morgan fingerprint density at radius 3 is 2.93 bits per heavy atom. The Balaban J connectivity index is 2.76. The van der Waals surface area contributed by atoms with E-state index >= 15 is 0 Å². The Labute approximate surface area is 97.0 Å². The minimum Gasteiger partial charge on any atom is -0.463 e. The van der Waals surface area contributed by atoms with E-state index in [9.17, 15) is 4.79 Å². The van der Waals surface area contributed by atoms with E-state index in [1.54, 1.807) is 19.1 Å². The summed E-state index contributed by atoms with van der Waals surface area (Å²) >= 11 is 3.31. The first-order chi connectivity index (χ1) is 7.13. The third kappa shape index (κ3) is 3.75. The van der Waals surface area contributed by atoms with Gasteiger partial charge in [-0.2, -0.15) is 0 Å². The maximum atomic E-state index is 11.0. The average Bonchev–Trinajstić information content (AvgIpc) is 2.17. The molecule has 0 amide bonds. The zero-order chi connectivity index (χ0) is 11.3. The fourth-order valence-corrected chi connectivity index (χ4v) is 1.42. The number of carbonyl (C=O) groups is 1. The van der Waals surface area contributed by atoms with Crippen LogP contribution in [0.5, 0.6) is 0 Å². The average molecular weight is 270 g/mol. The zero-order valence-corrected chi connectivity index (χ0v) is 9.95. The van der Waals surface area contributed by atoms with Gasteiger partial charge in [-0.25, -0.2) is 4.79 Å². The summed E-state index contributed by atoms with van der Waals surface area (Å²) < 4.78 is 5.66. The summed E-state index contributed by atoms with van der Waals surface area (Å²) in [5, 5.41) is 0. The molecule has 0 saturated carbocycles. The lowest BCUT2D eigenvalue weighted by atomic mass is 10.2. The quantitative estimate of drug-likeness (QED) is 0.522. The van der Waals surface area contributed by atoms with E-state index in [0.29, 0.717) is 12.3 Å². The van der Waals surface area contributed by atoms with Gasteiger partial charge in [0, 0.05) is 16.2 Å². The van der Waals surface area contributed by atoms with Crippen molar-refractivity contribution in [3.63, 3.8) is 0 Å². The van der Waals surface area contributed by atoms with Crippen LogP contribution in [-0.2, 0) is 9.53 Å². The molecule has 0 unspecified atom stereocenters. The molecular weight excluding hydrogens is 258 g/mol. The smallest absolute Gasteiger partial charge is 0.330 e. The Kier molecular flexibility index (Phi) is 4.37. The molecule has 0 fully saturated rings. The number of nitrogens with two attached hydrogens (primary N) is 1. The lowest BCUT2D eigenvalue weighted by molar-refractivity contribution is -0.137. The molecule has 1 aromatic carbocycles. The summed E-state index contributed by atoms with van der Waals surface area (Å²) in [4.78, 5) is 11.0. The van der Waals surface area contributed by atoms with Crippen LogP contribution in [0.25, 0.3) is 6.08 Å². The number of hydrogen-bond donors (Lipinski definition) is 1. The molecule has 0 aliphatic rings. The molecule has 0 atom stereocenters. The maximum Gasteiger partial charge on any atom is 0.330 e. The predicted molar refractivity (Wildman–Crippen MR) is 64.2 cm³/mol. The normalized spacial score (nSPS) is 10.5. The molecule has 0 aliphatic heterocycles. The first-order valence-electron chi connectivity index (χ1n) is 4.53. The molecule has 0 aliphatic carbocycles. The summed E-state index contributed by atoms with van der Waals surface area (Å²) in [5.74, 6) is -0.361. The van der Waals surface area contributed by atoms with Crippen molar-refractivity contribution in [3.05, 3.63) is 34.3 Å². The number of nitrogen functional groups attached to an aromatic ring is 1. The van der Waals surface area contributed by atoms with Gasteiger partial charge < -0.3 is 10.5 Å². The number of benzene rings is 1. The highest BCUT2D eigenvalue weighted by Crippen LogP contribution is 2.19. The van der Waals surface area contributed by atoms with Gasteiger partial charge in [0.1, 0.15) is 0 Å². The summed E-state index contributed by atoms with van der Waals surface area (Å²) in [6.07, 6.45) is 3.00. The second-order valence-electron chi connectivity index (χ2n) is 2.86. The molecule has 0 spiro atoms. The highest BCUT2D eigenvalue weighted by Gasteiger charge is 1.98. The van der Waals surface area contributed by atoms with Gasteiger partial charge in [-0.05, 0) is 30.7 Å². The molecule has 0 saturated heterocycles. The Morgan fingerprint density at radius 2 is 2.33 bits per heavy atom. The molecule has 15 heavy (non-hydrogen) atoms. The van der Waals surface area contributed by atoms with Crippen LogP contribution < -0.4 is 5.73 Å². The minimum atomic E-state index is -0.361. The number of rotatable bonds is 3. The zero-order valence-electron chi connectivity index (χ0n) is 8.37. The minimum absolute atomic E-state index is 0.361. The third-order valence-corrected chi connectivity index (χ3v) is 2.23. The highest BCUT2D eigenvalue weighted by molar-refractivity contribution is 9.10. The Hall–Kier alpha value is -1.29. The van der Waals surface area contributed by atoms with Crippen molar-refractivity contribution in [1.29, 1.82) is 0 Å². The third-order valence-electron chi connectivity index (χ3n) is 1.73. The van der Waals surface area contributed by atoms with Gasteiger partial charge in [0.05, 0.1) is 6.61 Å². The summed E-state index contributed by atoms with van der Waals surface area (Å²) in [6.45, 7) is 2.14. The molecular formula is C11H12BrNO2. The summed E-state index contributed by atoms with van der Waals surface area (Å²) in [6, 6.07) is 5.47. The van der Waals surface area contributed by atoms with Gasteiger partial charge in [-0.3, -0.25) is 0 Å². The molecule has 3 nitrogen and oxygen atoms in total. The van der Waals surface area contributed by atoms with Crippen LogP contribution in [0.4, 0.5) is 5.69 Å². The van der Waals surface area contributed by atoms with Crippen molar-refractivity contribution in [2.75, 3.05) is 12.3 Å². The van der Waals surface area contributed by atoms with Gasteiger partial charge in [0.2, 0.25) is 0 Å². The van der Waals surface area contributed by atoms with Crippen molar-refractivity contribution in [2.45, 2.75) is 6.92 Å². The van der Waals surface area contributed by atoms with Crippen LogP contribution in [0.3, 0.4) is 0 Å². The van der Waals surface area contributed by atoms with Gasteiger partial charge in [0.15, 0.2) is 0 Å². The number of esters is 1. The number of hydrogen-bond acceptors (Lipinski definition) is 3. The van der Waals surface area contributed by atoms with Gasteiger partial charge in [-0.15, -0.1) is 0 Å². The lowest BCUT2D eigenvalue weighted by Gasteiger charge is -2.00. The second kappa shape index (κ2) is 5.56. The predicted octanol–water partition coefficient (Wildman–Crippen LogP) is 2.61. The molecule has 0 heterocycles. The molecule has 0 aromatic heterocycles. The van der Waals surface area contributed by atoms with Gasteiger partial charge >= 0.3 is 5.97 Å². The van der Waals surface area contributed by atoms with E-state index in [1.165, 1.54) is 6.08 Å². The van der Waals surface area contributed by atoms with Crippen LogP contribution in [-0.4, -0.2) is 12.6 Å². The molecule has 1 aromatic rings. The SMILES string of the molecule is CCOC(=O)/C=C/c1ccc(Br)cc1N. The number of halogens is 1. The van der Waals surface area contributed by atoms with Crippen molar-refractivity contribution in [1.82, 2.24) is 0 Å². The van der Waals surface area contributed by atoms with E-state index in [4.69, 9.17) is 10.5 Å². The lowest BCUT2D eigenvalue weighted by Crippen LogP contribution is -1.99. The van der Waals surface area contributed by atoms with E-state index in [-0.39, 0.29) is 5.97 Å². The van der Waals surface area contributed by atoms with Crippen molar-refractivity contribution < 1.29 is 9.53 Å². The fourth-order valence-electron chi connectivity index (χ4n) is 1.05.